The molecule has 8 nitrogen and oxygen atoms in total. The summed E-state index contributed by atoms with van der Waals surface area (Å²) in [5.41, 5.74) is 1.96. The fraction of sp³-hybridized carbons (Fsp3) is 0.414. The normalized spacial score (nSPS) is 15.5. The number of aromatic nitrogens is 5. The van der Waals surface area contributed by atoms with Crippen LogP contribution in [-0.4, -0.2) is 49.0 Å². The van der Waals surface area contributed by atoms with Crippen LogP contribution < -0.4 is 5.32 Å². The Bertz CT molecular complexity index is 1520. The van der Waals surface area contributed by atoms with Crippen LogP contribution in [-0.2, 0) is 0 Å². The first-order valence-electron chi connectivity index (χ1n) is 13.3. The fourth-order valence-corrected chi connectivity index (χ4v) is 5.52. The summed E-state index contributed by atoms with van der Waals surface area (Å²) in [4.78, 5) is 19.6. The predicted molar refractivity (Wildman–Crippen MR) is 147 cm³/mol. The number of nitriles is 1. The van der Waals surface area contributed by atoms with Gasteiger partial charge < -0.3 is 14.8 Å². The number of anilines is 2. The van der Waals surface area contributed by atoms with Gasteiger partial charge in [-0.15, -0.1) is 0 Å². The van der Waals surface area contributed by atoms with Crippen LogP contribution in [0, 0.1) is 35.8 Å². The third-order valence-corrected chi connectivity index (χ3v) is 7.53. The van der Waals surface area contributed by atoms with Gasteiger partial charge in [0.1, 0.15) is 22.9 Å². The average molecular weight is 531 g/mol. The molecule has 0 unspecified atom stereocenters. The Morgan fingerprint density at radius 2 is 1.85 bits per heavy atom. The number of aryl methyl sites for hydroxylation is 1. The molecule has 4 aromatic rings. The quantitative estimate of drug-likeness (QED) is 0.307. The summed E-state index contributed by atoms with van der Waals surface area (Å²) in [6.45, 7) is 11.0. The first-order valence-corrected chi connectivity index (χ1v) is 13.3. The van der Waals surface area contributed by atoms with Gasteiger partial charge in [-0.1, -0.05) is 13.0 Å². The molecule has 10 heteroatoms. The van der Waals surface area contributed by atoms with Crippen LogP contribution >= 0.6 is 0 Å². The molecule has 1 aliphatic heterocycles. The van der Waals surface area contributed by atoms with Gasteiger partial charge in [-0.2, -0.15) is 5.26 Å². The summed E-state index contributed by atoms with van der Waals surface area (Å²) >= 11 is 0. The zero-order valence-corrected chi connectivity index (χ0v) is 22.6. The molecule has 0 saturated carbocycles. The minimum Gasteiger partial charge on any atom is -0.326 e. The highest BCUT2D eigenvalue weighted by Gasteiger charge is 2.27. The van der Waals surface area contributed by atoms with Crippen molar-refractivity contribution in [2.45, 2.75) is 52.5 Å². The lowest BCUT2D eigenvalue weighted by Crippen LogP contribution is -2.35. The smallest absolute Gasteiger partial charge is 0.229 e. The van der Waals surface area contributed by atoms with E-state index in [-0.39, 0.29) is 29.1 Å². The topological polar surface area (TPSA) is 95.6 Å². The van der Waals surface area contributed by atoms with Crippen molar-refractivity contribution in [2.75, 3.05) is 25.0 Å². The molecule has 0 aliphatic carbocycles. The number of imidazole rings is 1. The number of hydrogen-bond donors (Lipinski definition) is 1. The summed E-state index contributed by atoms with van der Waals surface area (Å²) in [5, 5.41) is 12.9. The second-order valence-electron chi connectivity index (χ2n) is 10.3. The van der Waals surface area contributed by atoms with Crippen LogP contribution in [0.2, 0.25) is 0 Å². The van der Waals surface area contributed by atoms with Crippen LogP contribution in [0.4, 0.5) is 20.5 Å². The van der Waals surface area contributed by atoms with E-state index in [1.165, 1.54) is 6.07 Å². The number of nitrogens with one attached hydrogen (secondary N) is 1. The zero-order chi connectivity index (χ0) is 27.7. The van der Waals surface area contributed by atoms with Crippen LogP contribution in [0.25, 0.3) is 22.3 Å². The van der Waals surface area contributed by atoms with E-state index < -0.39 is 11.6 Å². The molecule has 1 aromatic carbocycles. The Kier molecular flexibility index (Phi) is 7.53. The first-order chi connectivity index (χ1) is 18.8. The lowest BCUT2D eigenvalue weighted by Gasteiger charge is -2.33. The Hall–Kier alpha value is -3.97. The summed E-state index contributed by atoms with van der Waals surface area (Å²) in [6, 6.07) is 9.12. The van der Waals surface area contributed by atoms with Crippen molar-refractivity contribution in [1.29, 1.82) is 5.26 Å². The van der Waals surface area contributed by atoms with E-state index in [0.717, 1.165) is 44.2 Å². The van der Waals surface area contributed by atoms with Crippen molar-refractivity contribution in [3.63, 3.8) is 0 Å². The monoisotopic (exact) mass is 530 g/mol. The maximum Gasteiger partial charge on any atom is 0.229 e. The summed E-state index contributed by atoms with van der Waals surface area (Å²) in [7, 11) is 0. The van der Waals surface area contributed by atoms with Gasteiger partial charge in [0.05, 0.1) is 23.7 Å². The molecular weight excluding hydrogens is 498 g/mol. The second kappa shape index (κ2) is 11.0. The predicted octanol–water partition coefficient (Wildman–Crippen LogP) is 6.14. The summed E-state index contributed by atoms with van der Waals surface area (Å²) in [5.74, 6) is 0.152. The lowest BCUT2D eigenvalue weighted by molar-refractivity contribution is 0.185. The van der Waals surface area contributed by atoms with Gasteiger partial charge in [0, 0.05) is 17.8 Å². The number of piperidine rings is 1. The van der Waals surface area contributed by atoms with Gasteiger partial charge in [-0.05, 0) is 82.9 Å². The number of hydrogen-bond acceptors (Lipinski definition) is 7. The van der Waals surface area contributed by atoms with E-state index >= 15 is 0 Å². The Morgan fingerprint density at radius 3 is 2.49 bits per heavy atom. The maximum atomic E-state index is 15.0. The highest BCUT2D eigenvalue weighted by atomic mass is 19.1. The van der Waals surface area contributed by atoms with Gasteiger partial charge in [-0.25, -0.2) is 28.7 Å². The average Bonchev–Trinajstić information content (AvgIpc) is 3.28. The van der Waals surface area contributed by atoms with Crippen LogP contribution in [0.15, 0.2) is 36.7 Å². The molecule has 39 heavy (non-hydrogen) atoms. The van der Waals surface area contributed by atoms with E-state index in [1.807, 2.05) is 31.4 Å². The summed E-state index contributed by atoms with van der Waals surface area (Å²) < 4.78 is 31.7. The van der Waals surface area contributed by atoms with E-state index in [1.54, 1.807) is 18.3 Å². The second-order valence-corrected chi connectivity index (χ2v) is 10.3. The maximum absolute atomic E-state index is 15.0. The molecule has 0 amide bonds. The van der Waals surface area contributed by atoms with Crippen molar-refractivity contribution in [3.05, 3.63) is 59.7 Å². The van der Waals surface area contributed by atoms with Gasteiger partial charge in [0.25, 0.3) is 0 Å². The van der Waals surface area contributed by atoms with E-state index in [0.29, 0.717) is 28.6 Å². The van der Waals surface area contributed by atoms with Crippen LogP contribution in [0.3, 0.4) is 0 Å². The minimum absolute atomic E-state index is 0.0259. The number of benzene rings is 1. The molecule has 0 radical (unpaired) electrons. The standard InChI is InChI=1S/C29H32F2N8/c1-5-38-10-8-19(9-11-38)22(14-32)20-6-7-26(33-15-20)36-29-34-16-24(31)27(37-29)21-12-23(30)28-25(13-21)39(17(2)3)18(4)35-28/h6-7,12-13,15-17,19,22H,5,8-11H2,1-4H3,(H,33,34,36,37)/t22-/m0/s1. The number of halogens is 2. The third kappa shape index (κ3) is 5.32. The SMILES string of the molecule is CCN1CCC([C@H](C#N)c2ccc(Nc3ncc(F)c(-c4cc(F)c5nc(C)n(C(C)C)c5c4)n3)nc2)CC1. The number of pyridine rings is 1. The van der Waals surface area contributed by atoms with E-state index in [2.05, 4.69) is 43.1 Å². The molecular formula is C29H32F2N8. The lowest BCUT2D eigenvalue weighted by atomic mass is 9.81. The highest BCUT2D eigenvalue weighted by molar-refractivity contribution is 5.83. The third-order valence-electron chi connectivity index (χ3n) is 7.53. The molecule has 1 atom stereocenters. The van der Waals surface area contributed by atoms with Crippen LogP contribution in [0.5, 0.6) is 0 Å². The van der Waals surface area contributed by atoms with E-state index in [4.69, 9.17) is 0 Å². The highest BCUT2D eigenvalue weighted by Crippen LogP contribution is 2.33. The number of nitrogens with zero attached hydrogens (tertiary/aromatic N) is 7. The molecule has 1 saturated heterocycles. The molecule has 3 aromatic heterocycles. The van der Waals surface area contributed by atoms with Crippen molar-refractivity contribution >= 4 is 22.8 Å². The number of likely N-dealkylation sites (tertiary alicyclic amines) is 1. The van der Waals surface area contributed by atoms with Crippen LogP contribution in [0.1, 0.15) is 57.0 Å². The van der Waals surface area contributed by atoms with Gasteiger partial charge in [-0.3, -0.25) is 0 Å². The molecule has 4 heterocycles. The van der Waals surface area contributed by atoms with Gasteiger partial charge in [0.15, 0.2) is 11.6 Å². The van der Waals surface area contributed by atoms with Crippen molar-refractivity contribution in [1.82, 2.24) is 29.4 Å². The molecule has 1 N–H and O–H groups in total. The first kappa shape index (κ1) is 26.6. The molecule has 1 aliphatic rings. The molecule has 0 bridgehead atoms. The Morgan fingerprint density at radius 1 is 1.08 bits per heavy atom. The molecule has 5 rings (SSSR count). The molecule has 1 fully saturated rings. The largest absolute Gasteiger partial charge is 0.326 e. The van der Waals surface area contributed by atoms with Crippen molar-refractivity contribution in [2.24, 2.45) is 5.92 Å². The van der Waals surface area contributed by atoms with Gasteiger partial charge >= 0.3 is 0 Å². The zero-order valence-electron chi connectivity index (χ0n) is 22.6. The Labute approximate surface area is 226 Å². The fourth-order valence-electron chi connectivity index (χ4n) is 5.52. The van der Waals surface area contributed by atoms with Crippen molar-refractivity contribution < 1.29 is 8.78 Å². The van der Waals surface area contributed by atoms with Crippen molar-refractivity contribution in [3.8, 4) is 17.3 Å². The number of rotatable bonds is 7. The summed E-state index contributed by atoms with van der Waals surface area (Å²) in [6.07, 6.45) is 4.73. The molecule has 202 valence electrons. The molecule has 0 spiro atoms. The van der Waals surface area contributed by atoms with E-state index in [9.17, 15) is 14.0 Å². The number of fused-ring (bicyclic) bond motifs is 1. The Balaban J connectivity index is 1.38. The minimum atomic E-state index is -0.666. The van der Waals surface area contributed by atoms with Gasteiger partial charge in [0.2, 0.25) is 5.95 Å².